The van der Waals surface area contributed by atoms with Crippen LogP contribution in [-0.4, -0.2) is 58.8 Å². The molecule has 1 aliphatic carbocycles. The minimum Gasteiger partial charge on any atom is -0.486 e. The van der Waals surface area contributed by atoms with Gasteiger partial charge in [-0.15, -0.1) is 0 Å². The van der Waals surface area contributed by atoms with E-state index in [1.807, 2.05) is 6.07 Å². The Morgan fingerprint density at radius 1 is 0.972 bits per heavy atom. The summed E-state index contributed by atoms with van der Waals surface area (Å²) in [5, 5.41) is 2.30. The fourth-order valence-corrected chi connectivity index (χ4v) is 6.17. The average Bonchev–Trinajstić information content (AvgIpc) is 3.15. The third-order valence-electron chi connectivity index (χ3n) is 8.17. The molecule has 8 heteroatoms. The van der Waals surface area contributed by atoms with Crippen molar-refractivity contribution in [3.8, 4) is 5.75 Å². The molecule has 188 valence electrons. The van der Waals surface area contributed by atoms with Gasteiger partial charge in [-0.05, 0) is 48.9 Å². The second-order valence-corrected chi connectivity index (χ2v) is 10.4. The highest BCUT2D eigenvalue weighted by Crippen LogP contribution is 2.37. The molecule has 2 saturated heterocycles. The molecular formula is C28H30FN3O4. The number of piperidine rings is 1. The Bertz CT molecular complexity index is 1200. The van der Waals surface area contributed by atoms with E-state index in [0.717, 1.165) is 38.8 Å². The molecule has 0 spiro atoms. The summed E-state index contributed by atoms with van der Waals surface area (Å²) in [6.07, 6.45) is 4.44. The summed E-state index contributed by atoms with van der Waals surface area (Å²) in [6.45, 7) is 2.17. The zero-order valence-corrected chi connectivity index (χ0v) is 20.1. The van der Waals surface area contributed by atoms with E-state index in [0.29, 0.717) is 11.5 Å². The number of likely N-dealkylation sites (tertiary alicyclic amines) is 1. The van der Waals surface area contributed by atoms with Crippen LogP contribution < -0.4 is 10.1 Å². The minimum absolute atomic E-state index is 0.105. The number of hydrogen-bond donors (Lipinski definition) is 1. The number of benzene rings is 2. The van der Waals surface area contributed by atoms with Crippen molar-refractivity contribution in [1.29, 1.82) is 0 Å². The lowest BCUT2D eigenvalue weighted by atomic mass is 9.84. The number of carbonyl (C=O) groups is 3. The van der Waals surface area contributed by atoms with Crippen LogP contribution in [0.2, 0.25) is 0 Å². The van der Waals surface area contributed by atoms with Crippen molar-refractivity contribution >= 4 is 17.7 Å². The van der Waals surface area contributed by atoms with E-state index >= 15 is 4.39 Å². The number of hydrogen-bond acceptors (Lipinski definition) is 5. The molecule has 0 radical (unpaired) electrons. The number of amides is 3. The first kappa shape index (κ1) is 23.2. The summed E-state index contributed by atoms with van der Waals surface area (Å²) >= 11 is 0. The predicted octanol–water partition coefficient (Wildman–Crippen LogP) is 3.38. The van der Waals surface area contributed by atoms with E-state index in [-0.39, 0.29) is 54.7 Å². The lowest BCUT2D eigenvalue weighted by Gasteiger charge is -2.48. The first-order valence-corrected chi connectivity index (χ1v) is 12.9. The van der Waals surface area contributed by atoms with Gasteiger partial charge in [-0.1, -0.05) is 36.8 Å². The van der Waals surface area contributed by atoms with Gasteiger partial charge in [-0.3, -0.25) is 24.6 Å². The van der Waals surface area contributed by atoms with Crippen LogP contribution in [0.3, 0.4) is 0 Å². The molecule has 7 nitrogen and oxygen atoms in total. The molecule has 3 heterocycles. The molecule has 3 fully saturated rings. The fourth-order valence-electron chi connectivity index (χ4n) is 6.17. The largest absolute Gasteiger partial charge is 0.486 e. The number of fused-ring (bicyclic) bond motifs is 1. The Morgan fingerprint density at radius 3 is 2.53 bits per heavy atom. The van der Waals surface area contributed by atoms with Crippen LogP contribution in [0.15, 0.2) is 42.5 Å². The molecule has 36 heavy (non-hydrogen) atoms. The van der Waals surface area contributed by atoms with E-state index in [9.17, 15) is 14.4 Å². The Labute approximate surface area is 209 Å². The van der Waals surface area contributed by atoms with Crippen LogP contribution in [0.1, 0.15) is 65.9 Å². The normalized spacial score (nSPS) is 27.0. The zero-order valence-electron chi connectivity index (χ0n) is 20.1. The van der Waals surface area contributed by atoms with Gasteiger partial charge in [0.15, 0.2) is 11.6 Å². The Hall–Kier alpha value is -3.26. The first-order chi connectivity index (χ1) is 17.5. The number of carbonyl (C=O) groups excluding carboxylic acids is 3. The van der Waals surface area contributed by atoms with Crippen LogP contribution in [0.4, 0.5) is 4.39 Å². The van der Waals surface area contributed by atoms with Gasteiger partial charge in [-0.25, -0.2) is 4.39 Å². The van der Waals surface area contributed by atoms with E-state index in [2.05, 4.69) is 34.5 Å². The number of nitrogens with one attached hydrogen (secondary N) is 1. The van der Waals surface area contributed by atoms with Crippen LogP contribution in [0.5, 0.6) is 5.75 Å². The molecule has 3 aliphatic heterocycles. The first-order valence-electron chi connectivity index (χ1n) is 12.9. The fraction of sp³-hybridized carbons (Fsp3) is 0.464. The number of nitrogens with zero attached hydrogens (tertiary/aromatic N) is 2. The van der Waals surface area contributed by atoms with Crippen molar-refractivity contribution in [1.82, 2.24) is 15.1 Å². The molecule has 3 amide bonds. The maximum Gasteiger partial charge on any atom is 0.255 e. The summed E-state index contributed by atoms with van der Waals surface area (Å²) in [4.78, 5) is 40.7. The molecular weight excluding hydrogens is 461 g/mol. The third kappa shape index (κ3) is 4.17. The standard InChI is InChI=1S/C28H30FN3O4/c29-21-13-20-18(16-32(28(20)35)23-10-11-26(33)30-27(23)34)12-25(21)36-24-9-5-4-8-22(24)31-14-19(15-31)17-6-2-1-3-7-17/h1-3,6-7,12-13,19,22-24H,4-5,8-11,14-16H2,(H,30,33,34)/t22-,23?,24-/m0/s1. The van der Waals surface area contributed by atoms with E-state index in [4.69, 9.17) is 4.74 Å². The lowest BCUT2D eigenvalue weighted by Crippen LogP contribution is -2.57. The Balaban J connectivity index is 1.15. The average molecular weight is 492 g/mol. The number of imide groups is 1. The van der Waals surface area contributed by atoms with Gasteiger partial charge < -0.3 is 9.64 Å². The van der Waals surface area contributed by atoms with Crippen LogP contribution in [0, 0.1) is 5.82 Å². The second kappa shape index (κ2) is 9.32. The number of rotatable bonds is 5. The van der Waals surface area contributed by atoms with Crippen molar-refractivity contribution in [2.75, 3.05) is 13.1 Å². The van der Waals surface area contributed by atoms with E-state index in [1.54, 1.807) is 6.07 Å². The molecule has 0 aromatic heterocycles. The van der Waals surface area contributed by atoms with E-state index in [1.165, 1.54) is 16.5 Å². The monoisotopic (exact) mass is 491 g/mol. The Morgan fingerprint density at radius 2 is 1.75 bits per heavy atom. The summed E-state index contributed by atoms with van der Waals surface area (Å²) in [7, 11) is 0. The highest BCUT2D eigenvalue weighted by Gasteiger charge is 2.41. The summed E-state index contributed by atoms with van der Waals surface area (Å²) < 4.78 is 21.4. The van der Waals surface area contributed by atoms with Crippen molar-refractivity contribution in [2.24, 2.45) is 0 Å². The number of halogens is 1. The van der Waals surface area contributed by atoms with E-state index < -0.39 is 17.8 Å². The van der Waals surface area contributed by atoms with Gasteiger partial charge in [0.2, 0.25) is 11.8 Å². The summed E-state index contributed by atoms with van der Waals surface area (Å²) in [5.41, 5.74) is 2.27. The molecule has 1 saturated carbocycles. The predicted molar refractivity (Wildman–Crippen MR) is 130 cm³/mol. The highest BCUT2D eigenvalue weighted by molar-refractivity contribution is 6.05. The quantitative estimate of drug-likeness (QED) is 0.649. The molecule has 6 rings (SSSR count). The topological polar surface area (TPSA) is 79.0 Å². The third-order valence-corrected chi connectivity index (χ3v) is 8.17. The maximum absolute atomic E-state index is 15.1. The smallest absolute Gasteiger partial charge is 0.255 e. The van der Waals surface area contributed by atoms with Crippen LogP contribution >= 0.6 is 0 Å². The summed E-state index contributed by atoms with van der Waals surface area (Å²) in [6, 6.07) is 12.9. The molecule has 2 aromatic rings. The van der Waals surface area contributed by atoms with Crippen molar-refractivity contribution in [3.05, 3.63) is 65.0 Å². The molecule has 1 N–H and O–H groups in total. The molecule has 0 bridgehead atoms. The molecule has 3 atom stereocenters. The second-order valence-electron chi connectivity index (χ2n) is 10.4. The van der Waals surface area contributed by atoms with Crippen molar-refractivity contribution < 1.29 is 23.5 Å². The Kier molecular flexibility index (Phi) is 5.99. The molecule has 4 aliphatic rings. The van der Waals surface area contributed by atoms with Gasteiger partial charge in [-0.2, -0.15) is 0 Å². The molecule has 1 unspecified atom stereocenters. The van der Waals surface area contributed by atoms with Crippen molar-refractivity contribution in [3.63, 3.8) is 0 Å². The SMILES string of the molecule is O=C1CCC(N2Cc3cc(O[C@H]4CCCC[C@@H]4N4CC(c5ccccc5)C4)c(F)cc3C2=O)C(=O)N1. The highest BCUT2D eigenvalue weighted by atomic mass is 19.1. The molecule has 2 aromatic carbocycles. The van der Waals surface area contributed by atoms with Gasteiger partial charge in [0.25, 0.3) is 5.91 Å². The van der Waals surface area contributed by atoms with Gasteiger partial charge in [0.05, 0.1) is 0 Å². The van der Waals surface area contributed by atoms with Crippen LogP contribution in [0.25, 0.3) is 0 Å². The summed E-state index contributed by atoms with van der Waals surface area (Å²) in [5.74, 6) is -1.05. The van der Waals surface area contributed by atoms with Crippen molar-refractivity contribution in [2.45, 2.75) is 69.2 Å². The van der Waals surface area contributed by atoms with Gasteiger partial charge in [0.1, 0.15) is 12.1 Å². The van der Waals surface area contributed by atoms with Crippen LogP contribution in [-0.2, 0) is 16.1 Å². The minimum atomic E-state index is -0.721. The van der Waals surface area contributed by atoms with Gasteiger partial charge in [0, 0.05) is 43.6 Å². The van der Waals surface area contributed by atoms with Gasteiger partial charge >= 0.3 is 0 Å². The number of ether oxygens (including phenoxy) is 1. The lowest BCUT2D eigenvalue weighted by molar-refractivity contribution is -0.136. The maximum atomic E-state index is 15.1. The zero-order chi connectivity index (χ0) is 24.8.